The Morgan fingerprint density at radius 1 is 1.07 bits per heavy atom. The Bertz CT molecular complexity index is 865. The molecule has 1 aromatic heterocycles. The maximum atomic E-state index is 6.17. The number of nitrogen functional groups attached to an aromatic ring is 2. The number of anilines is 4. The van der Waals surface area contributed by atoms with E-state index in [0.29, 0.717) is 34.9 Å². The number of nitrogens with two attached hydrogens (primary N) is 2. The maximum Gasteiger partial charge on any atom is 0.223 e. The summed E-state index contributed by atoms with van der Waals surface area (Å²) in [6, 6.07) is 3.98. The van der Waals surface area contributed by atoms with Gasteiger partial charge in [0.25, 0.3) is 0 Å². The lowest BCUT2D eigenvalue weighted by atomic mass is 9.78. The number of benzene rings is 1. The third-order valence-electron chi connectivity index (χ3n) is 5.64. The lowest BCUT2D eigenvalue weighted by molar-refractivity contribution is 0.323. The average Bonchev–Trinajstić information content (AvgIpc) is 2.71. The van der Waals surface area contributed by atoms with Crippen molar-refractivity contribution in [2.24, 2.45) is 5.92 Å². The van der Waals surface area contributed by atoms with Crippen LogP contribution in [0.5, 0.6) is 17.2 Å². The van der Waals surface area contributed by atoms with Gasteiger partial charge in [-0.15, -0.1) is 0 Å². The number of ether oxygens (including phenoxy) is 3. The minimum absolute atomic E-state index is 0.206. The van der Waals surface area contributed by atoms with E-state index in [2.05, 4.69) is 20.2 Å². The molecule has 1 saturated heterocycles. The number of hydrogen-bond donors (Lipinski definition) is 3. The molecule has 2 aliphatic heterocycles. The molecule has 0 saturated carbocycles. The summed E-state index contributed by atoms with van der Waals surface area (Å²) in [6.07, 6.45) is 0.952. The lowest BCUT2D eigenvalue weighted by Crippen LogP contribution is -2.45. The van der Waals surface area contributed by atoms with Crippen molar-refractivity contribution in [1.29, 1.82) is 0 Å². The molecule has 150 valence electrons. The second-order valence-corrected chi connectivity index (χ2v) is 7.10. The van der Waals surface area contributed by atoms with Crippen molar-refractivity contribution < 1.29 is 14.2 Å². The molecule has 0 radical (unpaired) electrons. The third kappa shape index (κ3) is 2.96. The average molecular weight is 386 g/mol. The van der Waals surface area contributed by atoms with Crippen molar-refractivity contribution in [3.8, 4) is 17.2 Å². The van der Waals surface area contributed by atoms with E-state index >= 15 is 0 Å². The Morgan fingerprint density at radius 2 is 1.79 bits per heavy atom. The number of hydrogen-bond acceptors (Lipinski definition) is 9. The maximum absolute atomic E-state index is 6.17. The third-order valence-corrected chi connectivity index (χ3v) is 5.64. The summed E-state index contributed by atoms with van der Waals surface area (Å²) in [6.45, 7) is 2.57. The first-order valence-corrected chi connectivity index (χ1v) is 9.27. The molecule has 9 nitrogen and oxygen atoms in total. The first-order valence-electron chi connectivity index (χ1n) is 9.27. The molecule has 5 N–H and O–H groups in total. The molecule has 2 atom stereocenters. The molecule has 28 heavy (non-hydrogen) atoms. The Hall–Kier alpha value is -3.10. The predicted molar refractivity (Wildman–Crippen MR) is 109 cm³/mol. The Balaban J connectivity index is 1.62. The summed E-state index contributed by atoms with van der Waals surface area (Å²) in [5.41, 5.74) is 14.0. The van der Waals surface area contributed by atoms with Crippen LogP contribution in [-0.2, 0) is 0 Å². The number of piperidine rings is 1. The fraction of sp³-hybridized carbons (Fsp3) is 0.474. The fourth-order valence-corrected chi connectivity index (χ4v) is 4.34. The molecule has 1 aromatic carbocycles. The summed E-state index contributed by atoms with van der Waals surface area (Å²) < 4.78 is 16.4. The number of nitrogens with zero attached hydrogens (tertiary/aromatic N) is 3. The molecule has 0 spiro atoms. The number of aromatic nitrogens is 2. The summed E-state index contributed by atoms with van der Waals surface area (Å²) in [5, 5.41) is 3.37. The first kappa shape index (κ1) is 18.3. The zero-order chi connectivity index (χ0) is 19.8. The quantitative estimate of drug-likeness (QED) is 0.721. The van der Waals surface area contributed by atoms with Crippen molar-refractivity contribution in [2.45, 2.75) is 12.3 Å². The van der Waals surface area contributed by atoms with E-state index in [1.54, 1.807) is 21.3 Å². The van der Waals surface area contributed by atoms with E-state index in [1.165, 1.54) is 0 Å². The Kier molecular flexibility index (Phi) is 4.66. The molecule has 0 amide bonds. The topological polar surface area (TPSA) is 121 Å². The highest BCUT2D eigenvalue weighted by atomic mass is 16.5. The molecule has 2 aromatic rings. The minimum atomic E-state index is 0.206. The van der Waals surface area contributed by atoms with Gasteiger partial charge >= 0.3 is 0 Å². The van der Waals surface area contributed by atoms with Gasteiger partial charge in [0.2, 0.25) is 11.7 Å². The molecular formula is C19H26N6O3. The van der Waals surface area contributed by atoms with Gasteiger partial charge in [0.1, 0.15) is 11.6 Å². The Morgan fingerprint density at radius 3 is 2.43 bits per heavy atom. The zero-order valence-corrected chi connectivity index (χ0v) is 16.4. The van der Waals surface area contributed by atoms with E-state index in [-0.39, 0.29) is 5.95 Å². The highest BCUT2D eigenvalue weighted by molar-refractivity contribution is 5.65. The van der Waals surface area contributed by atoms with Crippen molar-refractivity contribution >= 4 is 23.3 Å². The monoisotopic (exact) mass is 386 g/mol. The normalized spacial score (nSPS) is 20.6. The van der Waals surface area contributed by atoms with E-state index in [9.17, 15) is 0 Å². The lowest BCUT2D eigenvalue weighted by Gasteiger charge is -2.43. The van der Waals surface area contributed by atoms with Gasteiger partial charge in [-0.05, 0) is 12.3 Å². The van der Waals surface area contributed by atoms with Crippen molar-refractivity contribution in [1.82, 2.24) is 9.97 Å². The van der Waals surface area contributed by atoms with Crippen LogP contribution in [0.15, 0.2) is 12.1 Å². The Labute approximate surface area is 164 Å². The predicted octanol–water partition coefficient (Wildman–Crippen LogP) is 1.70. The van der Waals surface area contributed by atoms with E-state index in [0.717, 1.165) is 43.1 Å². The van der Waals surface area contributed by atoms with Crippen LogP contribution in [0, 0.1) is 5.92 Å². The number of nitrogens with one attached hydrogen (secondary N) is 1. The summed E-state index contributed by atoms with van der Waals surface area (Å²) >= 11 is 0. The molecule has 2 unspecified atom stereocenters. The standard InChI is InChI=1S/C19H26N6O3/c1-26-13-6-11(7-14(27-2)16(13)28-3)25-5-4-12-10(9-25)8-22-18-15(12)17(20)23-19(21)24-18/h6-7,10,12H,4-5,8-9H2,1-3H3,(H5,20,21,22,23,24). The molecule has 3 heterocycles. The van der Waals surface area contributed by atoms with Gasteiger partial charge < -0.3 is 35.9 Å². The second kappa shape index (κ2) is 7.14. The van der Waals surface area contributed by atoms with Gasteiger partial charge in [0, 0.05) is 48.9 Å². The van der Waals surface area contributed by atoms with Gasteiger partial charge in [0.15, 0.2) is 11.5 Å². The van der Waals surface area contributed by atoms with E-state index in [1.807, 2.05) is 12.1 Å². The minimum Gasteiger partial charge on any atom is -0.493 e. The number of methoxy groups -OCH3 is 3. The van der Waals surface area contributed by atoms with Crippen LogP contribution >= 0.6 is 0 Å². The molecule has 0 aliphatic carbocycles. The molecule has 1 fully saturated rings. The smallest absolute Gasteiger partial charge is 0.223 e. The van der Waals surface area contributed by atoms with Crippen molar-refractivity contribution in [2.75, 3.05) is 62.6 Å². The van der Waals surface area contributed by atoms with Crippen LogP contribution in [0.25, 0.3) is 0 Å². The van der Waals surface area contributed by atoms with Crippen LogP contribution in [0.1, 0.15) is 17.9 Å². The van der Waals surface area contributed by atoms with Crippen LogP contribution < -0.4 is 35.9 Å². The van der Waals surface area contributed by atoms with Gasteiger partial charge in [-0.25, -0.2) is 0 Å². The molecular weight excluding hydrogens is 360 g/mol. The SMILES string of the molecule is COc1cc(N2CCC3c4c(N)nc(N)nc4NCC3C2)cc(OC)c1OC. The molecule has 2 aliphatic rings. The zero-order valence-electron chi connectivity index (χ0n) is 16.4. The first-order chi connectivity index (χ1) is 13.5. The van der Waals surface area contributed by atoms with Gasteiger partial charge in [-0.2, -0.15) is 9.97 Å². The van der Waals surface area contributed by atoms with Crippen LogP contribution in [0.3, 0.4) is 0 Å². The van der Waals surface area contributed by atoms with Gasteiger partial charge in [-0.1, -0.05) is 0 Å². The molecule has 9 heteroatoms. The van der Waals surface area contributed by atoms with Crippen molar-refractivity contribution in [3.63, 3.8) is 0 Å². The highest BCUT2D eigenvalue weighted by Gasteiger charge is 2.37. The van der Waals surface area contributed by atoms with Crippen LogP contribution in [-0.4, -0.2) is 50.9 Å². The molecule has 4 rings (SSSR count). The van der Waals surface area contributed by atoms with Gasteiger partial charge in [-0.3, -0.25) is 0 Å². The van der Waals surface area contributed by atoms with E-state index < -0.39 is 0 Å². The molecule has 0 bridgehead atoms. The van der Waals surface area contributed by atoms with Crippen LogP contribution in [0.2, 0.25) is 0 Å². The summed E-state index contributed by atoms with van der Waals surface area (Å²) in [7, 11) is 4.86. The number of rotatable bonds is 4. The highest BCUT2D eigenvalue weighted by Crippen LogP contribution is 2.45. The van der Waals surface area contributed by atoms with Crippen molar-refractivity contribution in [3.05, 3.63) is 17.7 Å². The number of fused-ring (bicyclic) bond motifs is 3. The van der Waals surface area contributed by atoms with Gasteiger partial charge in [0.05, 0.1) is 21.3 Å². The van der Waals surface area contributed by atoms with Crippen LogP contribution in [0.4, 0.5) is 23.3 Å². The van der Waals surface area contributed by atoms with E-state index in [4.69, 9.17) is 25.7 Å². The largest absolute Gasteiger partial charge is 0.493 e. The fourth-order valence-electron chi connectivity index (χ4n) is 4.34. The second-order valence-electron chi connectivity index (χ2n) is 7.10. The summed E-state index contributed by atoms with van der Waals surface area (Å²) in [4.78, 5) is 10.8. The summed E-state index contributed by atoms with van der Waals surface area (Å²) in [5.74, 6) is 4.05.